The Labute approximate surface area is 149 Å². The van der Waals surface area contributed by atoms with E-state index in [2.05, 4.69) is 93.5 Å². The SMILES string of the molecule is CC(C)(C)c1ccc2c(c1)c1cc(C(C)(C)C)ccc1n1ccnc21. The molecule has 0 aliphatic carbocycles. The van der Waals surface area contributed by atoms with E-state index >= 15 is 0 Å². The van der Waals surface area contributed by atoms with Crippen LogP contribution in [-0.2, 0) is 10.8 Å². The Morgan fingerprint density at radius 3 is 1.96 bits per heavy atom. The molecule has 0 saturated heterocycles. The van der Waals surface area contributed by atoms with Crippen molar-refractivity contribution in [2.24, 2.45) is 0 Å². The van der Waals surface area contributed by atoms with Crippen LogP contribution in [0.15, 0.2) is 48.8 Å². The second kappa shape index (κ2) is 5.08. The molecule has 0 atom stereocenters. The van der Waals surface area contributed by atoms with Gasteiger partial charge in [-0.2, -0.15) is 0 Å². The number of nitrogens with zero attached hydrogens (tertiary/aromatic N) is 2. The molecule has 0 N–H and O–H groups in total. The Bertz CT molecular complexity index is 1010. The van der Waals surface area contributed by atoms with Gasteiger partial charge >= 0.3 is 0 Å². The lowest BCUT2D eigenvalue weighted by molar-refractivity contribution is 0.590. The summed E-state index contributed by atoms with van der Waals surface area (Å²) in [6, 6.07) is 13.7. The van der Waals surface area contributed by atoms with Crippen LogP contribution < -0.4 is 0 Å². The minimum Gasteiger partial charge on any atom is -0.299 e. The van der Waals surface area contributed by atoms with Gasteiger partial charge in [-0.3, -0.25) is 4.40 Å². The van der Waals surface area contributed by atoms with Crippen molar-refractivity contribution in [1.82, 2.24) is 9.38 Å². The van der Waals surface area contributed by atoms with Crippen LogP contribution in [0.1, 0.15) is 52.7 Å². The number of hydrogen-bond donors (Lipinski definition) is 0. The van der Waals surface area contributed by atoms with Crippen molar-refractivity contribution in [3.8, 4) is 0 Å². The average molecular weight is 330 g/mol. The van der Waals surface area contributed by atoms with Gasteiger partial charge in [-0.25, -0.2) is 4.98 Å². The van der Waals surface area contributed by atoms with Gasteiger partial charge in [0, 0.05) is 23.2 Å². The number of benzene rings is 2. The lowest BCUT2D eigenvalue weighted by Gasteiger charge is -2.22. The van der Waals surface area contributed by atoms with Gasteiger partial charge in [-0.05, 0) is 45.5 Å². The molecule has 25 heavy (non-hydrogen) atoms. The van der Waals surface area contributed by atoms with Crippen LogP contribution in [0, 0.1) is 0 Å². The molecule has 0 spiro atoms. The molecular weight excluding hydrogens is 304 g/mol. The van der Waals surface area contributed by atoms with Gasteiger partial charge in [0.05, 0.1) is 5.52 Å². The van der Waals surface area contributed by atoms with E-state index in [1.807, 2.05) is 6.20 Å². The molecule has 0 fully saturated rings. The molecule has 0 unspecified atom stereocenters. The van der Waals surface area contributed by atoms with Gasteiger partial charge in [-0.15, -0.1) is 0 Å². The summed E-state index contributed by atoms with van der Waals surface area (Å²) in [6.45, 7) is 13.6. The molecule has 0 aliphatic rings. The third-order valence-electron chi connectivity index (χ3n) is 5.18. The van der Waals surface area contributed by atoms with Crippen LogP contribution >= 0.6 is 0 Å². The van der Waals surface area contributed by atoms with E-state index < -0.39 is 0 Å². The topological polar surface area (TPSA) is 17.3 Å². The molecule has 2 aromatic heterocycles. The van der Waals surface area contributed by atoms with Gasteiger partial charge in [0.25, 0.3) is 0 Å². The largest absolute Gasteiger partial charge is 0.299 e. The second-order valence-corrected chi connectivity index (χ2v) is 9.11. The highest BCUT2D eigenvalue weighted by molar-refractivity contribution is 6.12. The van der Waals surface area contributed by atoms with E-state index in [0.29, 0.717) is 0 Å². The summed E-state index contributed by atoms with van der Waals surface area (Å²) >= 11 is 0. The maximum atomic E-state index is 4.62. The van der Waals surface area contributed by atoms with Crippen LogP contribution in [0.25, 0.3) is 27.3 Å². The van der Waals surface area contributed by atoms with Gasteiger partial charge in [0.2, 0.25) is 0 Å². The van der Waals surface area contributed by atoms with Gasteiger partial charge in [-0.1, -0.05) is 59.7 Å². The fourth-order valence-corrected chi connectivity index (χ4v) is 3.55. The molecule has 2 nitrogen and oxygen atoms in total. The number of hydrogen-bond acceptors (Lipinski definition) is 1. The lowest BCUT2D eigenvalue weighted by atomic mass is 9.84. The Hall–Kier alpha value is -2.35. The molecular formula is C23H26N2. The van der Waals surface area contributed by atoms with E-state index in [1.165, 1.54) is 32.8 Å². The quantitative estimate of drug-likeness (QED) is 0.349. The summed E-state index contributed by atoms with van der Waals surface area (Å²) in [5, 5.41) is 3.82. The van der Waals surface area contributed by atoms with E-state index in [1.54, 1.807) is 0 Å². The molecule has 2 heteroatoms. The highest BCUT2D eigenvalue weighted by atomic mass is 15.0. The standard InChI is InChI=1S/C23H26N2/c1-22(2,3)15-7-9-17-18(13-15)19-14-16(23(4,5)6)8-10-20(19)25-12-11-24-21(17)25/h7-14H,1-6H3. The summed E-state index contributed by atoms with van der Waals surface area (Å²) in [5.74, 6) is 0. The molecule has 2 heterocycles. The predicted molar refractivity (Wildman–Crippen MR) is 108 cm³/mol. The molecule has 0 bridgehead atoms. The normalized spacial score (nSPS) is 13.2. The van der Waals surface area contributed by atoms with Crippen molar-refractivity contribution in [2.75, 3.05) is 0 Å². The monoisotopic (exact) mass is 330 g/mol. The van der Waals surface area contributed by atoms with E-state index in [-0.39, 0.29) is 10.8 Å². The van der Waals surface area contributed by atoms with Crippen LogP contribution in [0.4, 0.5) is 0 Å². The molecule has 0 amide bonds. The Morgan fingerprint density at radius 1 is 0.720 bits per heavy atom. The molecule has 4 aromatic rings. The van der Waals surface area contributed by atoms with Gasteiger partial charge in [0.1, 0.15) is 5.65 Å². The maximum Gasteiger partial charge on any atom is 0.145 e. The molecule has 0 aliphatic heterocycles. The minimum absolute atomic E-state index is 0.129. The van der Waals surface area contributed by atoms with Crippen LogP contribution in [0.3, 0.4) is 0 Å². The molecule has 128 valence electrons. The van der Waals surface area contributed by atoms with E-state index in [4.69, 9.17) is 0 Å². The lowest BCUT2D eigenvalue weighted by Crippen LogP contribution is -2.11. The zero-order valence-corrected chi connectivity index (χ0v) is 16.0. The Kier molecular flexibility index (Phi) is 3.28. The van der Waals surface area contributed by atoms with E-state index in [9.17, 15) is 0 Å². The fraction of sp³-hybridized carbons (Fsp3) is 0.348. The summed E-state index contributed by atoms with van der Waals surface area (Å²) < 4.78 is 2.21. The third kappa shape index (κ3) is 2.52. The van der Waals surface area contributed by atoms with E-state index in [0.717, 1.165) is 5.65 Å². The first kappa shape index (κ1) is 16.1. The average Bonchev–Trinajstić information content (AvgIpc) is 3.02. The molecule has 4 rings (SSSR count). The zero-order chi connectivity index (χ0) is 18.0. The number of pyridine rings is 1. The first-order chi connectivity index (χ1) is 11.7. The van der Waals surface area contributed by atoms with Gasteiger partial charge < -0.3 is 0 Å². The smallest absolute Gasteiger partial charge is 0.145 e. The minimum atomic E-state index is 0.129. The first-order valence-corrected chi connectivity index (χ1v) is 9.00. The summed E-state index contributed by atoms with van der Waals surface area (Å²) in [5.41, 5.74) is 5.24. The Balaban J connectivity index is 2.21. The highest BCUT2D eigenvalue weighted by Gasteiger charge is 2.19. The maximum absolute atomic E-state index is 4.62. The van der Waals surface area contributed by atoms with Crippen LogP contribution in [0.2, 0.25) is 0 Å². The van der Waals surface area contributed by atoms with Crippen LogP contribution in [0.5, 0.6) is 0 Å². The zero-order valence-electron chi connectivity index (χ0n) is 16.0. The fourth-order valence-electron chi connectivity index (χ4n) is 3.55. The van der Waals surface area contributed by atoms with Crippen molar-refractivity contribution in [2.45, 2.75) is 52.4 Å². The summed E-state index contributed by atoms with van der Waals surface area (Å²) in [4.78, 5) is 4.62. The summed E-state index contributed by atoms with van der Waals surface area (Å²) in [6.07, 6.45) is 3.95. The highest BCUT2D eigenvalue weighted by Crippen LogP contribution is 2.35. The number of rotatable bonds is 0. The second-order valence-electron chi connectivity index (χ2n) is 9.11. The number of aromatic nitrogens is 2. The Morgan fingerprint density at radius 2 is 1.32 bits per heavy atom. The third-order valence-corrected chi connectivity index (χ3v) is 5.18. The predicted octanol–water partition coefficient (Wildman–Crippen LogP) is 6.24. The van der Waals surface area contributed by atoms with Crippen molar-refractivity contribution < 1.29 is 0 Å². The number of fused-ring (bicyclic) bond motifs is 6. The number of imidazole rings is 1. The summed E-state index contributed by atoms with van der Waals surface area (Å²) in [7, 11) is 0. The van der Waals surface area contributed by atoms with Crippen molar-refractivity contribution in [3.63, 3.8) is 0 Å². The van der Waals surface area contributed by atoms with Crippen LogP contribution in [-0.4, -0.2) is 9.38 Å². The van der Waals surface area contributed by atoms with Crippen molar-refractivity contribution >= 4 is 27.3 Å². The molecule has 0 saturated carbocycles. The van der Waals surface area contributed by atoms with Crippen molar-refractivity contribution in [3.05, 3.63) is 59.9 Å². The first-order valence-electron chi connectivity index (χ1n) is 9.00. The molecule has 2 aromatic carbocycles. The van der Waals surface area contributed by atoms with Crippen molar-refractivity contribution in [1.29, 1.82) is 0 Å². The molecule has 0 radical (unpaired) electrons. The van der Waals surface area contributed by atoms with Gasteiger partial charge in [0.15, 0.2) is 0 Å².